The number of Topliss-reactive ketones (excluding diaryl/α,β-unsaturated/α-hetero) is 2. The van der Waals surface area contributed by atoms with Crippen LogP contribution in [0.3, 0.4) is 0 Å². The number of likely N-dealkylation sites (N-methyl/N-ethyl adjacent to an activating group) is 1. The first-order valence-electron chi connectivity index (χ1n) is 14.3. The number of phenols is 1. The molecule has 1 heterocycles. The normalized spacial score (nSPS) is 29.0. The molecule has 0 aromatic heterocycles. The molecule has 1 aromatic carbocycles. The lowest BCUT2D eigenvalue weighted by atomic mass is 9.58. The van der Waals surface area contributed by atoms with Gasteiger partial charge >= 0.3 is 0 Å². The number of primary amides is 1. The van der Waals surface area contributed by atoms with Crippen LogP contribution in [0.15, 0.2) is 28.7 Å². The van der Waals surface area contributed by atoms with Crippen molar-refractivity contribution in [3.05, 3.63) is 45.4 Å². The summed E-state index contributed by atoms with van der Waals surface area (Å²) in [6.45, 7) is 3.32. The molecular formula is C30H39N5O8. The number of carbonyl (C=O) groups is 4. The van der Waals surface area contributed by atoms with Crippen LogP contribution in [0, 0.1) is 11.8 Å². The Bertz CT molecular complexity index is 1500. The molecule has 2 amide bonds. The summed E-state index contributed by atoms with van der Waals surface area (Å²) in [4.78, 5) is 56.8. The van der Waals surface area contributed by atoms with Crippen LogP contribution in [0.1, 0.15) is 41.3 Å². The Morgan fingerprint density at radius 1 is 1.16 bits per heavy atom. The van der Waals surface area contributed by atoms with Crippen LogP contribution in [-0.2, 0) is 27.3 Å². The van der Waals surface area contributed by atoms with Crippen LogP contribution in [0.25, 0.3) is 0 Å². The first-order valence-corrected chi connectivity index (χ1v) is 14.3. The molecule has 1 fully saturated rings. The first kappa shape index (κ1) is 30.5. The summed E-state index contributed by atoms with van der Waals surface area (Å²) in [5, 5.41) is 48.4. The molecule has 0 bridgehead atoms. The minimum Gasteiger partial charge on any atom is -0.510 e. The van der Waals surface area contributed by atoms with Gasteiger partial charge in [0.25, 0.3) is 5.91 Å². The molecule has 5 rings (SSSR count). The number of nitrogens with two attached hydrogens (primary N) is 1. The number of fused-ring (bicyclic) bond motifs is 3. The second-order valence-corrected chi connectivity index (χ2v) is 12.5. The van der Waals surface area contributed by atoms with Crippen LogP contribution in [0.4, 0.5) is 5.69 Å². The number of likely N-dealkylation sites (tertiary alicyclic amines) is 1. The summed E-state index contributed by atoms with van der Waals surface area (Å²) in [6.07, 6.45) is 1.02. The average molecular weight is 598 g/mol. The molecule has 43 heavy (non-hydrogen) atoms. The van der Waals surface area contributed by atoms with Crippen LogP contribution in [0.2, 0.25) is 0 Å². The second-order valence-electron chi connectivity index (χ2n) is 12.5. The standard InChI is InChI=1S/C30H39N5O8/c1-13(36)32-16-6-7-35(12-16)11-15-10-19(37)21-17(23(15)33(2)3)8-14-9-18-24(34(4)5)26(39)22(29(31)42)28(41)30(18,43)27(40)20(14)25(21)38/h10,14,16,18,24,37,39-40,43H,6-9,11-12H2,1-5H3,(H2,31,42)(H,32,36)/t14-,16-,18-,24-,30-/m0/s1. The smallest absolute Gasteiger partial charge is 0.255 e. The molecule has 4 aliphatic rings. The van der Waals surface area contributed by atoms with Gasteiger partial charge in [-0.3, -0.25) is 29.0 Å². The Morgan fingerprint density at radius 2 is 1.84 bits per heavy atom. The zero-order chi connectivity index (χ0) is 31.7. The Labute approximate surface area is 249 Å². The minimum atomic E-state index is -2.68. The highest BCUT2D eigenvalue weighted by Crippen LogP contribution is 2.53. The van der Waals surface area contributed by atoms with Crippen molar-refractivity contribution in [3.8, 4) is 5.75 Å². The number of nitrogens with one attached hydrogen (secondary N) is 1. The SMILES string of the molecule is CC(=O)N[C@H]1CCN(Cc2cc(O)c3c(c2N(C)C)C[C@H]2C[C@H]4[C@H](N(C)C)C(O)=C(C(N)=O)C(=O)[C@@]4(O)C(O)=C2C3=O)C1. The van der Waals surface area contributed by atoms with E-state index in [1.807, 2.05) is 19.0 Å². The highest BCUT2D eigenvalue weighted by Gasteiger charge is 2.63. The molecule has 1 aromatic rings. The van der Waals surface area contributed by atoms with E-state index in [1.165, 1.54) is 17.9 Å². The molecule has 1 aliphatic heterocycles. The van der Waals surface area contributed by atoms with Crippen molar-refractivity contribution in [2.24, 2.45) is 17.6 Å². The summed E-state index contributed by atoms with van der Waals surface area (Å²) in [7, 11) is 6.86. The van der Waals surface area contributed by atoms with Gasteiger partial charge < -0.3 is 36.4 Å². The van der Waals surface area contributed by atoms with E-state index in [0.29, 0.717) is 18.7 Å². The summed E-state index contributed by atoms with van der Waals surface area (Å²) < 4.78 is 0. The fraction of sp³-hybridized carbons (Fsp3) is 0.533. The number of anilines is 1. The summed E-state index contributed by atoms with van der Waals surface area (Å²) in [5.41, 5.74) is 3.78. The summed E-state index contributed by atoms with van der Waals surface area (Å²) in [5.74, 6) is -6.86. The molecule has 0 unspecified atom stereocenters. The molecular weight excluding hydrogens is 558 g/mol. The zero-order valence-electron chi connectivity index (χ0n) is 25.0. The van der Waals surface area contributed by atoms with Gasteiger partial charge in [0.05, 0.1) is 11.6 Å². The average Bonchev–Trinajstić information content (AvgIpc) is 3.31. The van der Waals surface area contributed by atoms with Crippen LogP contribution in [0.5, 0.6) is 5.75 Å². The second kappa shape index (κ2) is 10.6. The van der Waals surface area contributed by atoms with E-state index >= 15 is 0 Å². The van der Waals surface area contributed by atoms with E-state index in [4.69, 9.17) is 5.73 Å². The number of phenolic OH excluding ortho intramolecular Hbond substituents is 1. The van der Waals surface area contributed by atoms with Gasteiger partial charge in [-0.1, -0.05) is 0 Å². The molecule has 5 atom stereocenters. The van der Waals surface area contributed by atoms with Crippen LogP contribution < -0.4 is 16.0 Å². The number of aliphatic hydroxyl groups is 3. The maximum Gasteiger partial charge on any atom is 0.255 e. The maximum atomic E-state index is 14.0. The number of benzene rings is 1. The number of allylic oxidation sites excluding steroid dienone is 1. The van der Waals surface area contributed by atoms with Crippen molar-refractivity contribution < 1.29 is 39.6 Å². The maximum absolute atomic E-state index is 14.0. The Morgan fingerprint density at radius 3 is 2.42 bits per heavy atom. The number of hydrogen-bond acceptors (Lipinski definition) is 11. The minimum absolute atomic E-state index is 0.0214. The fourth-order valence-corrected chi connectivity index (χ4v) is 7.67. The number of aliphatic hydroxyl groups excluding tert-OH is 2. The van der Waals surface area contributed by atoms with Gasteiger partial charge in [0.15, 0.2) is 11.4 Å². The third-order valence-corrected chi connectivity index (χ3v) is 9.29. The monoisotopic (exact) mass is 597 g/mol. The highest BCUT2D eigenvalue weighted by atomic mass is 16.3. The molecule has 1 saturated heterocycles. The van der Waals surface area contributed by atoms with Crippen LogP contribution in [-0.4, -0.2) is 113 Å². The quantitative estimate of drug-likeness (QED) is 0.240. The van der Waals surface area contributed by atoms with Gasteiger partial charge in [-0.05, 0) is 56.5 Å². The topological polar surface area (TPSA) is 197 Å². The number of aromatic hydroxyl groups is 1. The fourth-order valence-electron chi connectivity index (χ4n) is 7.67. The Hall–Kier alpha value is -3.94. The van der Waals surface area contributed by atoms with Gasteiger partial charge in [0, 0.05) is 63.9 Å². The number of carbonyl (C=O) groups excluding carboxylic acids is 4. The predicted molar refractivity (Wildman–Crippen MR) is 155 cm³/mol. The lowest BCUT2D eigenvalue weighted by Crippen LogP contribution is -2.63. The van der Waals surface area contributed by atoms with E-state index in [-0.39, 0.29) is 41.7 Å². The Kier molecular flexibility index (Phi) is 7.56. The molecule has 0 saturated carbocycles. The molecule has 3 aliphatic carbocycles. The van der Waals surface area contributed by atoms with Gasteiger partial charge in [-0.15, -0.1) is 0 Å². The number of ketones is 2. The van der Waals surface area contributed by atoms with Crippen molar-refractivity contribution in [2.75, 3.05) is 46.2 Å². The van der Waals surface area contributed by atoms with E-state index in [1.54, 1.807) is 14.1 Å². The highest BCUT2D eigenvalue weighted by molar-refractivity contribution is 6.24. The first-order chi connectivity index (χ1) is 20.1. The van der Waals surface area contributed by atoms with Crippen molar-refractivity contribution in [1.29, 1.82) is 0 Å². The van der Waals surface area contributed by atoms with Gasteiger partial charge in [0.2, 0.25) is 11.7 Å². The third-order valence-electron chi connectivity index (χ3n) is 9.29. The van der Waals surface area contributed by atoms with Gasteiger partial charge in [-0.2, -0.15) is 0 Å². The Balaban J connectivity index is 1.60. The van der Waals surface area contributed by atoms with Crippen molar-refractivity contribution in [2.45, 2.75) is 50.4 Å². The molecule has 13 heteroatoms. The van der Waals surface area contributed by atoms with Gasteiger partial charge in [-0.25, -0.2) is 0 Å². The summed E-state index contributed by atoms with van der Waals surface area (Å²) >= 11 is 0. The van der Waals surface area contributed by atoms with E-state index in [9.17, 15) is 39.6 Å². The molecule has 0 radical (unpaired) electrons. The summed E-state index contributed by atoms with van der Waals surface area (Å²) in [6, 6.07) is 0.494. The lowest BCUT2D eigenvalue weighted by molar-refractivity contribution is -0.148. The molecule has 13 nitrogen and oxygen atoms in total. The lowest BCUT2D eigenvalue weighted by Gasteiger charge is -2.50. The number of nitrogens with zero attached hydrogens (tertiary/aromatic N) is 3. The zero-order valence-corrected chi connectivity index (χ0v) is 25.0. The van der Waals surface area contributed by atoms with Gasteiger partial charge in [0.1, 0.15) is 22.8 Å². The number of rotatable bonds is 6. The van der Waals surface area contributed by atoms with E-state index < -0.39 is 58.0 Å². The number of hydrogen-bond donors (Lipinski definition) is 6. The molecule has 232 valence electrons. The van der Waals surface area contributed by atoms with Crippen molar-refractivity contribution in [3.63, 3.8) is 0 Å². The number of amides is 2. The molecule has 0 spiro atoms. The largest absolute Gasteiger partial charge is 0.510 e. The van der Waals surface area contributed by atoms with Crippen molar-refractivity contribution in [1.82, 2.24) is 15.1 Å². The third kappa shape index (κ3) is 4.66. The van der Waals surface area contributed by atoms with Crippen LogP contribution >= 0.6 is 0 Å². The van der Waals surface area contributed by atoms with Crippen molar-refractivity contribution >= 4 is 29.1 Å². The predicted octanol–water partition coefficient (Wildman–Crippen LogP) is -0.103. The van der Waals surface area contributed by atoms with E-state index in [2.05, 4.69) is 10.2 Å². The molecule has 7 N–H and O–H groups in total. The van der Waals surface area contributed by atoms with E-state index in [0.717, 1.165) is 24.2 Å².